The Hall–Kier alpha value is -2.20. The van der Waals surface area contributed by atoms with Gasteiger partial charge in [-0.2, -0.15) is 0 Å². The average Bonchev–Trinajstić information content (AvgIpc) is 2.51. The second-order valence-electron chi connectivity index (χ2n) is 7.36. The largest absolute Gasteiger partial charge is 0.481 e. The van der Waals surface area contributed by atoms with E-state index in [1.165, 1.54) is 0 Å². The van der Waals surface area contributed by atoms with Crippen LogP contribution < -0.4 is 11.1 Å². The molecule has 0 aliphatic carbocycles. The number of ether oxygens (including phenoxy) is 2. The van der Waals surface area contributed by atoms with Crippen LogP contribution in [0, 0.1) is 11.8 Å². The Morgan fingerprint density at radius 3 is 2.48 bits per heavy atom. The lowest BCUT2D eigenvalue weighted by Gasteiger charge is -2.23. The highest BCUT2D eigenvalue weighted by atomic mass is 16.6. The number of rotatable bonds is 12. The standard InChI is InChI=1S/C20H34N2O5/c1-16(21)12-13-17(22-19(25)27-20(2,3)4)15-26-14-10-8-6-5-7-9-11-18(23)24/h17H,1,5-7,9,11-15,21H2,2-4H3,(H,22,25)(H,23,24)/t17-/m0/s1. The van der Waals surface area contributed by atoms with Crippen molar-refractivity contribution in [1.29, 1.82) is 0 Å². The van der Waals surface area contributed by atoms with Gasteiger partial charge in [-0.25, -0.2) is 4.79 Å². The van der Waals surface area contributed by atoms with Crippen LogP contribution >= 0.6 is 0 Å². The number of nitrogens with two attached hydrogens (primary N) is 1. The Morgan fingerprint density at radius 1 is 1.19 bits per heavy atom. The van der Waals surface area contributed by atoms with Crippen LogP contribution in [0.2, 0.25) is 0 Å². The summed E-state index contributed by atoms with van der Waals surface area (Å²) in [5.41, 5.74) is 5.58. The molecule has 0 heterocycles. The molecule has 0 fully saturated rings. The van der Waals surface area contributed by atoms with E-state index in [4.69, 9.17) is 20.3 Å². The first-order chi connectivity index (χ1) is 12.6. The van der Waals surface area contributed by atoms with Gasteiger partial charge in [-0.3, -0.25) is 4.79 Å². The SMILES string of the molecule is C=C(N)CC[C@@H](COCC#CCCCCCC(=O)O)NC(=O)OC(C)(C)C. The van der Waals surface area contributed by atoms with Crippen LogP contribution in [0.3, 0.4) is 0 Å². The zero-order valence-electron chi connectivity index (χ0n) is 16.8. The predicted molar refractivity (Wildman–Crippen MR) is 105 cm³/mol. The van der Waals surface area contributed by atoms with Gasteiger partial charge in [-0.05, 0) is 46.5 Å². The number of nitrogens with one attached hydrogen (secondary N) is 1. The van der Waals surface area contributed by atoms with Crippen LogP contribution in [0.4, 0.5) is 4.79 Å². The molecule has 0 aromatic carbocycles. The highest BCUT2D eigenvalue weighted by Crippen LogP contribution is 2.08. The third-order valence-corrected chi connectivity index (χ3v) is 3.35. The van der Waals surface area contributed by atoms with Crippen molar-refractivity contribution in [2.45, 2.75) is 77.4 Å². The number of carbonyl (C=O) groups is 2. The topological polar surface area (TPSA) is 111 Å². The first-order valence-electron chi connectivity index (χ1n) is 9.28. The van der Waals surface area contributed by atoms with Gasteiger partial charge in [0.05, 0.1) is 12.6 Å². The normalized spacial score (nSPS) is 11.8. The monoisotopic (exact) mass is 382 g/mol. The van der Waals surface area contributed by atoms with Gasteiger partial charge in [0.2, 0.25) is 0 Å². The molecule has 7 nitrogen and oxygen atoms in total. The third kappa shape index (κ3) is 18.4. The Labute approximate surface area is 162 Å². The molecule has 7 heteroatoms. The summed E-state index contributed by atoms with van der Waals surface area (Å²) in [6, 6.07) is -0.238. The summed E-state index contributed by atoms with van der Waals surface area (Å²) in [6.45, 7) is 9.65. The van der Waals surface area contributed by atoms with Crippen LogP contribution in [0.15, 0.2) is 12.3 Å². The number of unbranched alkanes of at least 4 members (excludes halogenated alkanes) is 3. The van der Waals surface area contributed by atoms with Gasteiger partial charge < -0.3 is 25.6 Å². The summed E-state index contributed by atoms with van der Waals surface area (Å²) < 4.78 is 10.8. The summed E-state index contributed by atoms with van der Waals surface area (Å²) in [6.07, 6.45) is 4.02. The van der Waals surface area contributed by atoms with Gasteiger partial charge in [0.25, 0.3) is 0 Å². The number of carboxylic acid groups (broad SMARTS) is 1. The van der Waals surface area contributed by atoms with Gasteiger partial charge in [-0.15, -0.1) is 5.92 Å². The molecule has 0 aliphatic heterocycles. The maximum absolute atomic E-state index is 11.9. The molecule has 0 spiro atoms. The van der Waals surface area contributed by atoms with E-state index in [1.54, 1.807) is 20.8 Å². The highest BCUT2D eigenvalue weighted by Gasteiger charge is 2.19. The molecule has 154 valence electrons. The number of hydrogen-bond donors (Lipinski definition) is 3. The van der Waals surface area contributed by atoms with Crippen molar-refractivity contribution in [1.82, 2.24) is 5.32 Å². The fraction of sp³-hybridized carbons (Fsp3) is 0.700. The first-order valence-corrected chi connectivity index (χ1v) is 9.28. The lowest BCUT2D eigenvalue weighted by molar-refractivity contribution is -0.137. The van der Waals surface area contributed by atoms with Crippen molar-refractivity contribution >= 4 is 12.1 Å². The molecule has 0 saturated carbocycles. The van der Waals surface area contributed by atoms with E-state index in [0.29, 0.717) is 31.6 Å². The Bertz CT molecular complexity index is 529. The summed E-state index contributed by atoms with van der Waals surface area (Å²) in [5.74, 6) is 5.16. The minimum atomic E-state index is -0.762. The van der Waals surface area contributed by atoms with E-state index in [-0.39, 0.29) is 19.1 Å². The first kappa shape index (κ1) is 24.8. The van der Waals surface area contributed by atoms with E-state index in [0.717, 1.165) is 19.3 Å². The van der Waals surface area contributed by atoms with E-state index in [2.05, 4.69) is 23.7 Å². The molecule has 0 unspecified atom stereocenters. The fourth-order valence-electron chi connectivity index (χ4n) is 2.09. The average molecular weight is 383 g/mol. The van der Waals surface area contributed by atoms with Gasteiger partial charge >= 0.3 is 12.1 Å². The number of allylic oxidation sites excluding steroid dienone is 1. The van der Waals surface area contributed by atoms with E-state index < -0.39 is 17.7 Å². The van der Waals surface area contributed by atoms with Crippen molar-refractivity contribution in [3.63, 3.8) is 0 Å². The van der Waals surface area contributed by atoms with Crippen molar-refractivity contribution in [3.8, 4) is 11.8 Å². The quantitative estimate of drug-likeness (QED) is 0.353. The summed E-state index contributed by atoms with van der Waals surface area (Å²) in [4.78, 5) is 22.3. The van der Waals surface area contributed by atoms with Gasteiger partial charge in [0.15, 0.2) is 0 Å². The van der Waals surface area contributed by atoms with Crippen molar-refractivity contribution < 1.29 is 24.2 Å². The summed E-state index contributed by atoms with van der Waals surface area (Å²) >= 11 is 0. The second kappa shape index (κ2) is 13.9. The molecule has 0 aromatic rings. The lowest BCUT2D eigenvalue weighted by Crippen LogP contribution is -2.41. The minimum absolute atomic E-state index is 0.206. The lowest BCUT2D eigenvalue weighted by atomic mass is 10.1. The summed E-state index contributed by atoms with van der Waals surface area (Å²) in [7, 11) is 0. The van der Waals surface area contributed by atoms with Crippen molar-refractivity contribution in [3.05, 3.63) is 12.3 Å². The molecule has 0 bridgehead atoms. The molecular formula is C20H34N2O5. The zero-order chi connectivity index (χ0) is 20.7. The number of carbonyl (C=O) groups excluding carboxylic acids is 1. The number of aliphatic carboxylic acids is 1. The minimum Gasteiger partial charge on any atom is -0.481 e. The molecule has 0 saturated heterocycles. The number of alkyl carbamates (subject to hydrolysis) is 1. The highest BCUT2D eigenvalue weighted by molar-refractivity contribution is 5.68. The van der Waals surface area contributed by atoms with E-state index in [9.17, 15) is 9.59 Å². The predicted octanol–water partition coefficient (Wildman–Crippen LogP) is 3.19. The molecule has 0 rings (SSSR count). The summed E-state index contributed by atoms with van der Waals surface area (Å²) in [5, 5.41) is 11.3. The van der Waals surface area contributed by atoms with Crippen LogP contribution in [-0.2, 0) is 14.3 Å². The molecule has 1 atom stereocenters. The molecule has 0 radical (unpaired) electrons. The molecular weight excluding hydrogens is 348 g/mol. The van der Waals surface area contributed by atoms with Crippen LogP contribution in [0.5, 0.6) is 0 Å². The van der Waals surface area contributed by atoms with Crippen molar-refractivity contribution in [2.24, 2.45) is 5.73 Å². The van der Waals surface area contributed by atoms with E-state index in [1.807, 2.05) is 0 Å². The number of carboxylic acids is 1. The van der Waals surface area contributed by atoms with Crippen LogP contribution in [0.25, 0.3) is 0 Å². The Kier molecular flexibility index (Phi) is 12.8. The third-order valence-electron chi connectivity index (χ3n) is 3.35. The van der Waals surface area contributed by atoms with Gasteiger partial charge in [-0.1, -0.05) is 18.9 Å². The fourth-order valence-corrected chi connectivity index (χ4v) is 2.09. The Morgan fingerprint density at radius 2 is 1.89 bits per heavy atom. The molecule has 1 amide bonds. The molecule has 0 aromatic heterocycles. The number of amides is 1. The molecule has 27 heavy (non-hydrogen) atoms. The second-order valence-corrected chi connectivity index (χ2v) is 7.36. The van der Waals surface area contributed by atoms with E-state index >= 15 is 0 Å². The van der Waals surface area contributed by atoms with Crippen molar-refractivity contribution in [2.75, 3.05) is 13.2 Å². The van der Waals surface area contributed by atoms with Gasteiger partial charge in [0, 0.05) is 18.5 Å². The maximum Gasteiger partial charge on any atom is 0.407 e. The van der Waals surface area contributed by atoms with Crippen LogP contribution in [0.1, 0.15) is 65.7 Å². The smallest absolute Gasteiger partial charge is 0.407 e. The Balaban J connectivity index is 4.11. The molecule has 4 N–H and O–H groups in total. The number of hydrogen-bond acceptors (Lipinski definition) is 5. The molecule has 0 aliphatic rings. The van der Waals surface area contributed by atoms with Crippen LogP contribution in [-0.4, -0.2) is 42.0 Å². The zero-order valence-corrected chi connectivity index (χ0v) is 16.8. The maximum atomic E-state index is 11.9. The van der Waals surface area contributed by atoms with Gasteiger partial charge in [0.1, 0.15) is 12.2 Å².